The fourth-order valence-corrected chi connectivity index (χ4v) is 5.25. The molecule has 0 unspecified atom stereocenters. The summed E-state index contributed by atoms with van der Waals surface area (Å²) in [4.78, 5) is 15.5. The molecule has 0 aromatic carbocycles. The van der Waals surface area contributed by atoms with Gasteiger partial charge < -0.3 is 21.0 Å². The molecular weight excluding hydrogens is 423 g/mol. The van der Waals surface area contributed by atoms with Gasteiger partial charge in [-0.05, 0) is 67.8 Å². The monoisotopic (exact) mass is 465 g/mol. The van der Waals surface area contributed by atoms with E-state index in [1.807, 2.05) is 12.4 Å². The number of piperidine rings is 2. The zero-order valence-corrected chi connectivity index (χ0v) is 21.3. The van der Waals surface area contributed by atoms with Gasteiger partial charge in [-0.1, -0.05) is 13.2 Å². The van der Waals surface area contributed by atoms with E-state index in [-0.39, 0.29) is 28.3 Å². The van der Waals surface area contributed by atoms with Crippen molar-refractivity contribution < 1.29 is 29.1 Å². The molecule has 177 valence electrons. The molecule has 5 nitrogen and oxygen atoms in total. The molecule has 2 heterocycles. The van der Waals surface area contributed by atoms with Gasteiger partial charge in [0.1, 0.15) is 6.10 Å². The van der Waals surface area contributed by atoms with E-state index in [4.69, 9.17) is 8.60 Å². The number of hydrogen-bond donors (Lipinski definition) is 0. The van der Waals surface area contributed by atoms with Gasteiger partial charge in [-0.3, -0.25) is 11.7 Å². The SMILES string of the molecule is C=CN1C(C)(C)CC(OC([CH2-])=O)CC1(C)C.C=CN1C(C)(C)C[CH-]CC1(C)C.[O]=[Co]. The summed E-state index contributed by atoms with van der Waals surface area (Å²) in [6.07, 6.45) is 10.1. The van der Waals surface area contributed by atoms with Crippen molar-refractivity contribution >= 4 is 5.97 Å². The first-order valence-electron chi connectivity index (χ1n) is 10.4. The first-order chi connectivity index (χ1) is 13.6. The average Bonchev–Trinajstić information content (AvgIpc) is 2.53. The van der Waals surface area contributed by atoms with Crippen molar-refractivity contribution in [1.29, 1.82) is 0 Å². The maximum atomic E-state index is 10.9. The third-order valence-electron chi connectivity index (χ3n) is 6.01. The number of carbonyl (C=O) groups is 1. The van der Waals surface area contributed by atoms with Crippen molar-refractivity contribution in [2.24, 2.45) is 0 Å². The zero-order chi connectivity index (χ0) is 24.0. The van der Waals surface area contributed by atoms with E-state index < -0.39 is 5.97 Å². The van der Waals surface area contributed by atoms with Gasteiger partial charge in [0.05, 0.1) is 0 Å². The van der Waals surface area contributed by atoms with Crippen molar-refractivity contribution in [3.05, 3.63) is 38.9 Å². The van der Waals surface area contributed by atoms with Gasteiger partial charge in [0.15, 0.2) is 5.97 Å². The second kappa shape index (κ2) is 10.8. The molecule has 0 amide bonds. The molecule has 2 aliphatic rings. The molecule has 2 fully saturated rings. The molecule has 0 bridgehead atoms. The number of ether oxygens (including phenoxy) is 1. The Labute approximate surface area is 193 Å². The van der Waals surface area contributed by atoms with Crippen LogP contribution in [0.3, 0.4) is 0 Å². The fraction of sp³-hybridized carbons (Fsp3) is 0.708. The van der Waals surface area contributed by atoms with Gasteiger partial charge in [0.25, 0.3) is 0 Å². The number of rotatable bonds is 3. The minimum atomic E-state index is -0.441. The Morgan fingerprint density at radius 1 is 0.900 bits per heavy atom. The van der Waals surface area contributed by atoms with E-state index in [1.54, 1.807) is 0 Å². The van der Waals surface area contributed by atoms with Crippen molar-refractivity contribution in [1.82, 2.24) is 9.80 Å². The standard InChI is InChI=1S/C13H22NO2.C11H20N.Co.O/c1-7-14-12(3,4)8-11(16-10(2)15)9-13(14,5)6;1-6-12-10(2,3)8-7-9-11(12,4)5;;/h7,11H,1-2,8-9H2,3-6H3;6-7H,1,8-9H2,2-5H3;;/q2*-1;;. The van der Waals surface area contributed by atoms with Crippen LogP contribution in [0, 0.1) is 13.3 Å². The van der Waals surface area contributed by atoms with E-state index in [1.165, 1.54) is 0 Å². The van der Waals surface area contributed by atoms with Crippen molar-refractivity contribution in [3.63, 3.8) is 0 Å². The number of carbonyl (C=O) groups excluding carboxylic acids is 1. The van der Waals surface area contributed by atoms with Crippen LogP contribution in [-0.4, -0.2) is 44.0 Å². The van der Waals surface area contributed by atoms with Gasteiger partial charge in [0.2, 0.25) is 0 Å². The van der Waals surface area contributed by atoms with Crippen LogP contribution in [-0.2, 0) is 29.1 Å². The molecule has 0 aromatic rings. The van der Waals surface area contributed by atoms with Gasteiger partial charge in [-0.2, -0.15) is 12.8 Å². The summed E-state index contributed by atoms with van der Waals surface area (Å²) >= 11 is 2.31. The number of esters is 1. The topological polar surface area (TPSA) is 49.9 Å². The van der Waals surface area contributed by atoms with E-state index in [0.717, 1.165) is 25.7 Å². The van der Waals surface area contributed by atoms with Crippen LogP contribution in [0.5, 0.6) is 0 Å². The summed E-state index contributed by atoms with van der Waals surface area (Å²) in [5, 5.41) is 0. The minimum absolute atomic E-state index is 0.0498. The van der Waals surface area contributed by atoms with Crippen molar-refractivity contribution in [2.45, 2.75) is 109 Å². The molecule has 0 aromatic heterocycles. The van der Waals surface area contributed by atoms with Crippen LogP contribution in [0.4, 0.5) is 0 Å². The molecule has 30 heavy (non-hydrogen) atoms. The Morgan fingerprint density at radius 3 is 1.50 bits per heavy atom. The Hall–Kier alpha value is -1.27. The summed E-state index contributed by atoms with van der Waals surface area (Å²) in [5.74, 6) is -0.441. The predicted octanol–water partition coefficient (Wildman–Crippen LogP) is 5.39. The number of hydrogen-bond acceptors (Lipinski definition) is 5. The van der Waals surface area contributed by atoms with Crippen LogP contribution in [0.25, 0.3) is 0 Å². The van der Waals surface area contributed by atoms with E-state index in [0.29, 0.717) is 0 Å². The first-order valence-corrected chi connectivity index (χ1v) is 10.8. The van der Waals surface area contributed by atoms with Crippen LogP contribution in [0.1, 0.15) is 81.1 Å². The summed E-state index contributed by atoms with van der Waals surface area (Å²) in [7, 11) is 0. The summed E-state index contributed by atoms with van der Waals surface area (Å²) in [6.45, 7) is 28.7. The molecule has 6 heteroatoms. The average molecular weight is 466 g/mol. The normalized spacial score (nSPS) is 23.6. The molecular formula is C24H42CoN2O3-2. The van der Waals surface area contributed by atoms with Crippen LogP contribution in [0.15, 0.2) is 25.6 Å². The van der Waals surface area contributed by atoms with Crippen LogP contribution in [0.2, 0.25) is 0 Å². The third-order valence-corrected chi connectivity index (χ3v) is 6.01. The Kier molecular flexibility index (Phi) is 10.4. The molecule has 0 atom stereocenters. The second-order valence-electron chi connectivity index (χ2n) is 10.6. The molecule has 0 saturated carbocycles. The summed E-state index contributed by atoms with van der Waals surface area (Å²) in [5.41, 5.74) is 0.375. The number of likely N-dealkylation sites (tertiary alicyclic amines) is 2. The Morgan fingerprint density at radius 2 is 1.23 bits per heavy atom. The molecule has 0 spiro atoms. The summed E-state index contributed by atoms with van der Waals surface area (Å²) in [6, 6.07) is 0. The zero-order valence-electron chi connectivity index (χ0n) is 20.2. The first kappa shape index (κ1) is 28.7. The van der Waals surface area contributed by atoms with Gasteiger partial charge in [0, 0.05) is 35.0 Å². The third kappa shape index (κ3) is 7.45. The molecule has 0 radical (unpaired) electrons. The molecule has 2 aliphatic heterocycles. The van der Waals surface area contributed by atoms with Gasteiger partial charge >= 0.3 is 19.5 Å². The molecule has 0 aliphatic carbocycles. The Balaban J connectivity index is 0.000000535. The van der Waals surface area contributed by atoms with E-state index in [2.05, 4.69) is 107 Å². The molecule has 2 saturated heterocycles. The quantitative estimate of drug-likeness (QED) is 0.413. The molecule has 2 rings (SSSR count). The fourth-order valence-electron chi connectivity index (χ4n) is 5.25. The Bertz CT molecular complexity index is 565. The van der Waals surface area contributed by atoms with Crippen LogP contribution < -0.4 is 0 Å². The predicted molar refractivity (Wildman–Crippen MR) is 119 cm³/mol. The van der Waals surface area contributed by atoms with E-state index in [9.17, 15) is 4.79 Å². The van der Waals surface area contributed by atoms with Crippen molar-refractivity contribution in [3.8, 4) is 0 Å². The van der Waals surface area contributed by atoms with Crippen LogP contribution >= 0.6 is 0 Å². The van der Waals surface area contributed by atoms with Gasteiger partial charge in [-0.15, -0.1) is 0 Å². The van der Waals surface area contributed by atoms with Gasteiger partial charge in [-0.25, -0.2) is 0 Å². The van der Waals surface area contributed by atoms with E-state index >= 15 is 0 Å². The molecule has 0 N–H and O–H groups in total. The van der Waals surface area contributed by atoms with Crippen molar-refractivity contribution in [2.75, 3.05) is 0 Å². The number of nitrogens with zero attached hydrogens (tertiary/aromatic N) is 2. The summed E-state index contributed by atoms with van der Waals surface area (Å²) < 4.78 is 13.2. The second-order valence-corrected chi connectivity index (χ2v) is 10.6. The maximum absolute atomic E-state index is 10.9.